The molecule has 110 valence electrons. The lowest BCUT2D eigenvalue weighted by Gasteiger charge is -2.20. The molecule has 2 atom stereocenters. The summed E-state index contributed by atoms with van der Waals surface area (Å²) in [6.07, 6.45) is 3.88. The van der Waals surface area contributed by atoms with Crippen molar-refractivity contribution in [3.63, 3.8) is 0 Å². The molecule has 1 aliphatic carbocycles. The first-order chi connectivity index (χ1) is 9.52. The highest BCUT2D eigenvalue weighted by Gasteiger charge is 2.31. The molecule has 0 aromatic heterocycles. The summed E-state index contributed by atoms with van der Waals surface area (Å²) in [7, 11) is 0. The molecule has 0 spiro atoms. The van der Waals surface area contributed by atoms with Crippen LogP contribution >= 0.6 is 0 Å². The van der Waals surface area contributed by atoms with Crippen LogP contribution in [0.3, 0.4) is 0 Å². The Morgan fingerprint density at radius 1 is 1.30 bits per heavy atom. The number of hydrogen-bond donors (Lipinski definition) is 1. The summed E-state index contributed by atoms with van der Waals surface area (Å²) in [6, 6.07) is 4.13. The van der Waals surface area contributed by atoms with Gasteiger partial charge in [0.15, 0.2) is 0 Å². The predicted molar refractivity (Wildman–Crippen MR) is 78.9 cm³/mol. The molecule has 0 bridgehead atoms. The number of esters is 1. The van der Waals surface area contributed by atoms with Gasteiger partial charge in [-0.1, -0.05) is 18.6 Å². The van der Waals surface area contributed by atoms with Crippen LogP contribution in [0.25, 0.3) is 0 Å². The summed E-state index contributed by atoms with van der Waals surface area (Å²) in [5.41, 5.74) is 3.09. The maximum Gasteiger partial charge on any atom is 0.306 e. The van der Waals surface area contributed by atoms with Gasteiger partial charge in [-0.25, -0.2) is 0 Å². The highest BCUT2D eigenvalue weighted by Crippen LogP contribution is 2.43. The number of hydrogen-bond acceptors (Lipinski definition) is 3. The second-order valence-corrected chi connectivity index (χ2v) is 5.81. The highest BCUT2D eigenvalue weighted by molar-refractivity contribution is 5.69. The van der Waals surface area contributed by atoms with Crippen molar-refractivity contribution in [1.82, 2.24) is 0 Å². The van der Waals surface area contributed by atoms with Crippen molar-refractivity contribution in [3.8, 4) is 5.75 Å². The van der Waals surface area contributed by atoms with Crippen LogP contribution < -0.4 is 0 Å². The SMILES string of the molecule is CCOC(=O)C[C@@H]1CCC[C@H]1c1cc(C)c(O)c(C)c1. The number of ether oxygens (including phenoxy) is 1. The fourth-order valence-electron chi connectivity index (χ4n) is 3.36. The zero-order valence-electron chi connectivity index (χ0n) is 12.6. The summed E-state index contributed by atoms with van der Waals surface area (Å²) < 4.78 is 5.08. The summed E-state index contributed by atoms with van der Waals surface area (Å²) in [6.45, 7) is 6.16. The average molecular weight is 276 g/mol. The van der Waals surface area contributed by atoms with Gasteiger partial charge in [-0.3, -0.25) is 4.79 Å². The smallest absolute Gasteiger partial charge is 0.306 e. The molecule has 1 aromatic rings. The van der Waals surface area contributed by atoms with Crippen molar-refractivity contribution in [2.75, 3.05) is 6.61 Å². The first-order valence-electron chi connectivity index (χ1n) is 7.48. The number of benzene rings is 1. The number of rotatable bonds is 4. The molecular weight excluding hydrogens is 252 g/mol. The van der Waals surface area contributed by atoms with E-state index in [-0.39, 0.29) is 5.97 Å². The Labute approximate surface area is 121 Å². The fraction of sp³-hybridized carbons (Fsp3) is 0.588. The summed E-state index contributed by atoms with van der Waals surface area (Å²) in [5, 5.41) is 9.88. The van der Waals surface area contributed by atoms with E-state index in [0.29, 0.717) is 30.6 Å². The number of carbonyl (C=O) groups is 1. The largest absolute Gasteiger partial charge is 0.507 e. The van der Waals surface area contributed by atoms with Crippen LogP contribution in [0.1, 0.15) is 55.2 Å². The maximum absolute atomic E-state index is 11.7. The van der Waals surface area contributed by atoms with Crippen molar-refractivity contribution < 1.29 is 14.6 Å². The number of carbonyl (C=O) groups excluding carboxylic acids is 1. The topological polar surface area (TPSA) is 46.5 Å². The third-order valence-corrected chi connectivity index (χ3v) is 4.33. The molecule has 0 aliphatic heterocycles. The van der Waals surface area contributed by atoms with E-state index in [1.807, 2.05) is 20.8 Å². The number of aryl methyl sites for hydroxylation is 2. The van der Waals surface area contributed by atoms with Crippen LogP contribution in [-0.2, 0) is 9.53 Å². The Kier molecular flexibility index (Phi) is 4.69. The van der Waals surface area contributed by atoms with E-state index >= 15 is 0 Å². The van der Waals surface area contributed by atoms with Crippen LogP contribution in [-0.4, -0.2) is 17.7 Å². The number of phenols is 1. The molecule has 1 aliphatic rings. The molecule has 0 unspecified atom stereocenters. The van der Waals surface area contributed by atoms with E-state index in [0.717, 1.165) is 30.4 Å². The highest BCUT2D eigenvalue weighted by atomic mass is 16.5. The Morgan fingerprint density at radius 2 is 1.95 bits per heavy atom. The molecule has 0 heterocycles. The van der Waals surface area contributed by atoms with E-state index in [4.69, 9.17) is 4.74 Å². The van der Waals surface area contributed by atoms with Gasteiger partial charge in [-0.15, -0.1) is 0 Å². The molecule has 1 N–H and O–H groups in total. The zero-order chi connectivity index (χ0) is 14.7. The molecule has 1 fully saturated rings. The van der Waals surface area contributed by atoms with Crippen LogP contribution in [0, 0.1) is 19.8 Å². The second kappa shape index (κ2) is 6.29. The fourth-order valence-corrected chi connectivity index (χ4v) is 3.36. The van der Waals surface area contributed by atoms with Crippen molar-refractivity contribution in [3.05, 3.63) is 28.8 Å². The van der Waals surface area contributed by atoms with Gasteiger partial charge < -0.3 is 9.84 Å². The third-order valence-electron chi connectivity index (χ3n) is 4.33. The normalized spacial score (nSPS) is 21.9. The lowest BCUT2D eigenvalue weighted by atomic mass is 9.85. The molecule has 20 heavy (non-hydrogen) atoms. The van der Waals surface area contributed by atoms with Crippen LogP contribution in [0.15, 0.2) is 12.1 Å². The van der Waals surface area contributed by atoms with Gasteiger partial charge in [-0.05, 0) is 62.1 Å². The van der Waals surface area contributed by atoms with E-state index in [9.17, 15) is 9.90 Å². The minimum atomic E-state index is -0.0865. The first-order valence-corrected chi connectivity index (χ1v) is 7.48. The summed E-state index contributed by atoms with van der Waals surface area (Å²) in [5.74, 6) is 1.08. The molecule has 0 radical (unpaired) electrons. The summed E-state index contributed by atoms with van der Waals surface area (Å²) >= 11 is 0. The molecule has 3 heteroatoms. The van der Waals surface area contributed by atoms with Crippen molar-refractivity contribution in [1.29, 1.82) is 0 Å². The Morgan fingerprint density at radius 3 is 2.55 bits per heavy atom. The van der Waals surface area contributed by atoms with Crippen LogP contribution in [0.4, 0.5) is 0 Å². The molecule has 1 aromatic carbocycles. The predicted octanol–water partition coefficient (Wildman–Crippen LogP) is 3.85. The molecular formula is C17H24O3. The molecule has 0 amide bonds. The van der Waals surface area contributed by atoms with Crippen molar-refractivity contribution >= 4 is 5.97 Å². The lowest BCUT2D eigenvalue weighted by Crippen LogP contribution is -2.14. The van der Waals surface area contributed by atoms with E-state index in [1.54, 1.807) is 0 Å². The van der Waals surface area contributed by atoms with Gasteiger partial charge in [0.2, 0.25) is 0 Å². The quantitative estimate of drug-likeness (QED) is 0.850. The van der Waals surface area contributed by atoms with Crippen LogP contribution in [0.5, 0.6) is 5.75 Å². The number of phenolic OH excluding ortho intramolecular Hbond substituents is 1. The zero-order valence-corrected chi connectivity index (χ0v) is 12.6. The minimum Gasteiger partial charge on any atom is -0.507 e. The Balaban J connectivity index is 2.16. The maximum atomic E-state index is 11.7. The minimum absolute atomic E-state index is 0.0865. The second-order valence-electron chi connectivity index (χ2n) is 5.81. The monoisotopic (exact) mass is 276 g/mol. The summed E-state index contributed by atoms with van der Waals surface area (Å²) in [4.78, 5) is 11.7. The van der Waals surface area contributed by atoms with Gasteiger partial charge in [-0.2, -0.15) is 0 Å². The van der Waals surface area contributed by atoms with Gasteiger partial charge in [0.1, 0.15) is 5.75 Å². The van der Waals surface area contributed by atoms with Crippen LogP contribution in [0.2, 0.25) is 0 Å². The number of aromatic hydroxyl groups is 1. The van der Waals surface area contributed by atoms with Gasteiger partial charge in [0.25, 0.3) is 0 Å². The van der Waals surface area contributed by atoms with Gasteiger partial charge >= 0.3 is 5.97 Å². The van der Waals surface area contributed by atoms with Crippen molar-refractivity contribution in [2.45, 2.75) is 52.4 Å². The average Bonchev–Trinajstić information content (AvgIpc) is 2.83. The molecule has 0 saturated heterocycles. The Hall–Kier alpha value is -1.51. The first kappa shape index (κ1) is 14.9. The molecule has 1 saturated carbocycles. The van der Waals surface area contributed by atoms with Gasteiger partial charge in [0, 0.05) is 6.42 Å². The van der Waals surface area contributed by atoms with Gasteiger partial charge in [0.05, 0.1) is 6.61 Å². The van der Waals surface area contributed by atoms with Crippen molar-refractivity contribution in [2.24, 2.45) is 5.92 Å². The van der Waals surface area contributed by atoms with E-state index in [2.05, 4.69) is 12.1 Å². The van der Waals surface area contributed by atoms with E-state index in [1.165, 1.54) is 5.56 Å². The molecule has 2 rings (SSSR count). The van der Waals surface area contributed by atoms with E-state index < -0.39 is 0 Å². The third kappa shape index (κ3) is 3.14. The Bertz CT molecular complexity index is 470. The standard InChI is InChI=1S/C17H24O3/c1-4-20-16(18)10-13-6-5-7-15(13)14-8-11(2)17(19)12(3)9-14/h8-9,13,15,19H,4-7,10H2,1-3H3/t13-,15+/m0/s1. The molecule has 3 nitrogen and oxygen atoms in total. The lowest BCUT2D eigenvalue weighted by molar-refractivity contribution is -0.144.